The van der Waals surface area contributed by atoms with E-state index in [-0.39, 0.29) is 6.04 Å². The summed E-state index contributed by atoms with van der Waals surface area (Å²) in [5.41, 5.74) is 3.47. The van der Waals surface area contributed by atoms with E-state index in [9.17, 15) is 0 Å². The van der Waals surface area contributed by atoms with Crippen LogP contribution in [0.3, 0.4) is 0 Å². The van der Waals surface area contributed by atoms with E-state index < -0.39 is 0 Å². The number of nitrogens with one attached hydrogen (secondary N) is 1. The summed E-state index contributed by atoms with van der Waals surface area (Å²) in [4.78, 5) is 0. The monoisotopic (exact) mass is 289 g/mol. The lowest BCUT2D eigenvalue weighted by Crippen LogP contribution is -2.09. The van der Waals surface area contributed by atoms with Gasteiger partial charge in [-0.3, -0.25) is 0 Å². The molecule has 1 N–H and O–H groups in total. The van der Waals surface area contributed by atoms with E-state index in [2.05, 4.69) is 36.5 Å². The van der Waals surface area contributed by atoms with Gasteiger partial charge in [0.05, 0.1) is 12.6 Å². The predicted molar refractivity (Wildman–Crippen MR) is 85.3 cm³/mol. The minimum Gasteiger partial charge on any atom is -0.380 e. The summed E-state index contributed by atoms with van der Waals surface area (Å²) in [6.07, 6.45) is 0.995. The summed E-state index contributed by atoms with van der Waals surface area (Å²) in [7, 11) is 1.71. The molecule has 3 heteroatoms. The quantitative estimate of drug-likeness (QED) is 0.803. The van der Waals surface area contributed by atoms with Crippen molar-refractivity contribution >= 4 is 17.3 Å². The van der Waals surface area contributed by atoms with Gasteiger partial charge >= 0.3 is 0 Å². The average Bonchev–Trinajstić information content (AvgIpc) is 2.45. The van der Waals surface area contributed by atoms with Gasteiger partial charge in [0.2, 0.25) is 0 Å². The molecule has 1 atom stereocenters. The standard InChI is InChI=1S/C17H20ClNO/c1-3-17(14-7-5-8-15(18)11-14)19-16-9-4-6-13(10-16)12-20-2/h4-11,17,19H,3,12H2,1-2H3. The highest BCUT2D eigenvalue weighted by atomic mass is 35.5. The number of hydrogen-bond donors (Lipinski definition) is 1. The van der Waals surface area contributed by atoms with Gasteiger partial charge in [-0.15, -0.1) is 0 Å². The fourth-order valence-electron chi connectivity index (χ4n) is 2.26. The van der Waals surface area contributed by atoms with Crippen LogP contribution in [0.1, 0.15) is 30.5 Å². The first-order valence-corrected chi connectivity index (χ1v) is 7.20. The number of anilines is 1. The largest absolute Gasteiger partial charge is 0.380 e. The van der Waals surface area contributed by atoms with Crippen molar-refractivity contribution in [3.8, 4) is 0 Å². The molecule has 2 nitrogen and oxygen atoms in total. The van der Waals surface area contributed by atoms with Gasteiger partial charge in [-0.2, -0.15) is 0 Å². The van der Waals surface area contributed by atoms with Crippen molar-refractivity contribution in [2.75, 3.05) is 12.4 Å². The van der Waals surface area contributed by atoms with Crippen LogP contribution in [-0.2, 0) is 11.3 Å². The molecule has 0 spiro atoms. The van der Waals surface area contributed by atoms with Crippen molar-refractivity contribution in [1.29, 1.82) is 0 Å². The Labute approximate surface area is 125 Å². The second-order valence-corrected chi connectivity index (χ2v) is 5.23. The van der Waals surface area contributed by atoms with Gasteiger partial charge in [0, 0.05) is 17.8 Å². The first-order chi connectivity index (χ1) is 9.72. The Hall–Kier alpha value is -1.51. The van der Waals surface area contributed by atoms with E-state index in [4.69, 9.17) is 16.3 Å². The van der Waals surface area contributed by atoms with Gasteiger partial charge in [-0.1, -0.05) is 42.8 Å². The number of methoxy groups -OCH3 is 1. The molecule has 106 valence electrons. The molecular weight excluding hydrogens is 270 g/mol. The van der Waals surface area contributed by atoms with E-state index >= 15 is 0 Å². The second kappa shape index (κ2) is 7.32. The van der Waals surface area contributed by atoms with E-state index in [0.29, 0.717) is 6.61 Å². The number of hydrogen-bond acceptors (Lipinski definition) is 2. The Morgan fingerprint density at radius 2 is 1.95 bits per heavy atom. The van der Waals surface area contributed by atoms with Gasteiger partial charge in [0.25, 0.3) is 0 Å². The maximum absolute atomic E-state index is 6.07. The van der Waals surface area contributed by atoms with Crippen LogP contribution in [-0.4, -0.2) is 7.11 Å². The summed E-state index contributed by atoms with van der Waals surface area (Å²) >= 11 is 6.07. The van der Waals surface area contributed by atoms with Crippen LogP contribution in [0.4, 0.5) is 5.69 Å². The molecule has 0 aliphatic carbocycles. The van der Waals surface area contributed by atoms with Crippen LogP contribution in [0, 0.1) is 0 Å². The number of ether oxygens (including phenoxy) is 1. The molecule has 0 aliphatic rings. The lowest BCUT2D eigenvalue weighted by molar-refractivity contribution is 0.185. The Morgan fingerprint density at radius 3 is 2.65 bits per heavy atom. The van der Waals surface area contributed by atoms with Crippen LogP contribution in [0.25, 0.3) is 0 Å². The fourth-order valence-corrected chi connectivity index (χ4v) is 2.46. The zero-order valence-corrected chi connectivity index (χ0v) is 12.7. The molecule has 0 saturated carbocycles. The molecule has 0 aliphatic heterocycles. The zero-order chi connectivity index (χ0) is 14.4. The highest BCUT2D eigenvalue weighted by Gasteiger charge is 2.09. The first kappa shape index (κ1) is 14.9. The van der Waals surface area contributed by atoms with E-state index in [1.54, 1.807) is 7.11 Å². The predicted octanol–water partition coefficient (Wildman–Crippen LogP) is 5.05. The third-order valence-corrected chi connectivity index (χ3v) is 3.47. The second-order valence-electron chi connectivity index (χ2n) is 4.79. The Balaban J connectivity index is 2.15. The number of halogens is 1. The highest BCUT2D eigenvalue weighted by molar-refractivity contribution is 6.30. The van der Waals surface area contributed by atoms with E-state index in [1.165, 1.54) is 11.1 Å². The summed E-state index contributed by atoms with van der Waals surface area (Å²) in [5.74, 6) is 0. The number of rotatable bonds is 6. The lowest BCUT2D eigenvalue weighted by Gasteiger charge is -2.19. The van der Waals surface area contributed by atoms with Gasteiger partial charge in [0.1, 0.15) is 0 Å². The van der Waals surface area contributed by atoms with Crippen LogP contribution < -0.4 is 5.32 Å². The van der Waals surface area contributed by atoms with E-state index in [0.717, 1.165) is 17.1 Å². The topological polar surface area (TPSA) is 21.3 Å². The summed E-state index contributed by atoms with van der Waals surface area (Å²) in [6.45, 7) is 2.79. The molecule has 0 saturated heterocycles. The molecule has 2 rings (SSSR count). The molecule has 1 unspecified atom stereocenters. The van der Waals surface area contributed by atoms with Crippen molar-refractivity contribution in [3.63, 3.8) is 0 Å². The third kappa shape index (κ3) is 3.99. The molecule has 0 aromatic heterocycles. The molecule has 0 heterocycles. The van der Waals surface area contributed by atoms with Crippen LogP contribution >= 0.6 is 11.6 Å². The first-order valence-electron chi connectivity index (χ1n) is 6.82. The molecule has 20 heavy (non-hydrogen) atoms. The normalized spacial score (nSPS) is 12.2. The van der Waals surface area contributed by atoms with Gasteiger partial charge in [-0.25, -0.2) is 0 Å². The number of benzene rings is 2. The highest BCUT2D eigenvalue weighted by Crippen LogP contribution is 2.25. The Morgan fingerprint density at radius 1 is 1.15 bits per heavy atom. The molecule has 0 radical (unpaired) electrons. The van der Waals surface area contributed by atoms with Crippen LogP contribution in [0.5, 0.6) is 0 Å². The maximum atomic E-state index is 6.07. The molecule has 0 fully saturated rings. The zero-order valence-electron chi connectivity index (χ0n) is 11.9. The van der Waals surface area contributed by atoms with Crippen LogP contribution in [0.15, 0.2) is 48.5 Å². The van der Waals surface area contributed by atoms with Crippen molar-refractivity contribution < 1.29 is 4.74 Å². The van der Waals surface area contributed by atoms with Gasteiger partial charge in [-0.05, 0) is 41.8 Å². The lowest BCUT2D eigenvalue weighted by atomic mass is 10.0. The van der Waals surface area contributed by atoms with Crippen molar-refractivity contribution in [2.45, 2.75) is 26.0 Å². The molecule has 2 aromatic carbocycles. The van der Waals surface area contributed by atoms with E-state index in [1.807, 2.05) is 24.3 Å². The Bertz CT molecular complexity index is 556. The SMILES string of the molecule is CCC(Nc1cccc(COC)c1)c1cccc(Cl)c1. The molecular formula is C17H20ClNO. The minimum absolute atomic E-state index is 0.256. The minimum atomic E-state index is 0.256. The smallest absolute Gasteiger partial charge is 0.0713 e. The summed E-state index contributed by atoms with van der Waals surface area (Å²) < 4.78 is 5.17. The fraction of sp³-hybridized carbons (Fsp3) is 0.294. The summed E-state index contributed by atoms with van der Waals surface area (Å²) in [6, 6.07) is 16.6. The van der Waals surface area contributed by atoms with Crippen LogP contribution in [0.2, 0.25) is 5.02 Å². The van der Waals surface area contributed by atoms with Crippen molar-refractivity contribution in [1.82, 2.24) is 0 Å². The molecule has 2 aromatic rings. The average molecular weight is 290 g/mol. The molecule has 0 bridgehead atoms. The molecule has 0 amide bonds. The third-order valence-electron chi connectivity index (χ3n) is 3.24. The maximum Gasteiger partial charge on any atom is 0.0713 e. The Kier molecular flexibility index (Phi) is 5.45. The van der Waals surface area contributed by atoms with Gasteiger partial charge in [0.15, 0.2) is 0 Å². The van der Waals surface area contributed by atoms with Gasteiger partial charge < -0.3 is 10.1 Å². The van der Waals surface area contributed by atoms with Crippen molar-refractivity contribution in [3.05, 3.63) is 64.7 Å². The summed E-state index contributed by atoms with van der Waals surface area (Å²) in [5, 5.41) is 4.33. The van der Waals surface area contributed by atoms with Crippen molar-refractivity contribution in [2.24, 2.45) is 0 Å².